The van der Waals surface area contributed by atoms with Crippen LogP contribution in [0.5, 0.6) is 5.75 Å². The van der Waals surface area contributed by atoms with Gasteiger partial charge in [-0.2, -0.15) is 0 Å². The van der Waals surface area contributed by atoms with E-state index in [9.17, 15) is 0 Å². The smallest absolute Gasteiger partial charge is 0.142 e. The van der Waals surface area contributed by atoms with Crippen LogP contribution in [-0.4, -0.2) is 6.61 Å². The average Bonchev–Trinajstić information content (AvgIpc) is 2.30. The van der Waals surface area contributed by atoms with Crippen LogP contribution in [0, 0.1) is 0 Å². The quantitative estimate of drug-likeness (QED) is 0.738. The number of benzene rings is 1. The Kier molecular flexibility index (Phi) is 6.27. The molecule has 0 aliphatic carbocycles. The van der Waals surface area contributed by atoms with Gasteiger partial charge in [-0.05, 0) is 12.5 Å². The van der Waals surface area contributed by atoms with Crippen molar-refractivity contribution in [1.82, 2.24) is 0 Å². The van der Waals surface area contributed by atoms with Crippen molar-refractivity contribution in [2.75, 3.05) is 6.61 Å². The maximum absolute atomic E-state index is 6.07. The summed E-state index contributed by atoms with van der Waals surface area (Å²) in [7, 11) is 0. The van der Waals surface area contributed by atoms with Crippen LogP contribution in [0.25, 0.3) is 0 Å². The van der Waals surface area contributed by atoms with Gasteiger partial charge in [0.15, 0.2) is 0 Å². The van der Waals surface area contributed by atoms with Crippen LogP contribution in [-0.2, 0) is 6.54 Å². The van der Waals surface area contributed by atoms with Crippen molar-refractivity contribution in [3.05, 3.63) is 28.8 Å². The Labute approximate surface area is 103 Å². The Morgan fingerprint density at radius 1 is 1.25 bits per heavy atom. The topological polar surface area (TPSA) is 35.2 Å². The molecule has 0 radical (unpaired) electrons. The molecule has 0 aliphatic rings. The van der Waals surface area contributed by atoms with Crippen molar-refractivity contribution in [2.45, 2.75) is 39.2 Å². The molecule has 0 saturated carbocycles. The maximum Gasteiger partial charge on any atom is 0.142 e. The molecule has 0 heterocycles. The first kappa shape index (κ1) is 13.3. The number of nitrogens with two attached hydrogens (primary N) is 1. The molecule has 3 heteroatoms. The fraction of sp³-hybridized carbons (Fsp3) is 0.538. The molecule has 1 aromatic rings. The van der Waals surface area contributed by atoms with Crippen LogP contribution >= 0.6 is 11.6 Å². The molecule has 1 rings (SSSR count). The lowest BCUT2D eigenvalue weighted by Crippen LogP contribution is -2.04. The summed E-state index contributed by atoms with van der Waals surface area (Å²) in [6, 6.07) is 5.68. The number of unbranched alkanes of at least 4 members (excludes halogenated alkanes) is 3. The summed E-state index contributed by atoms with van der Waals surface area (Å²) >= 11 is 6.07. The van der Waals surface area contributed by atoms with E-state index in [-0.39, 0.29) is 0 Å². The van der Waals surface area contributed by atoms with E-state index in [1.165, 1.54) is 19.3 Å². The molecule has 90 valence electrons. The lowest BCUT2D eigenvalue weighted by Gasteiger charge is -2.11. The molecule has 0 spiro atoms. The highest BCUT2D eigenvalue weighted by Crippen LogP contribution is 2.28. The third kappa shape index (κ3) is 4.03. The molecule has 1 aromatic carbocycles. The molecule has 2 N–H and O–H groups in total. The number of hydrogen-bond acceptors (Lipinski definition) is 2. The molecule has 2 nitrogen and oxygen atoms in total. The Morgan fingerprint density at radius 3 is 2.75 bits per heavy atom. The van der Waals surface area contributed by atoms with E-state index in [0.29, 0.717) is 11.6 Å². The van der Waals surface area contributed by atoms with Gasteiger partial charge in [0.05, 0.1) is 11.6 Å². The van der Waals surface area contributed by atoms with Crippen LogP contribution < -0.4 is 10.5 Å². The van der Waals surface area contributed by atoms with Gasteiger partial charge < -0.3 is 10.5 Å². The molecule has 0 amide bonds. The lowest BCUT2D eigenvalue weighted by atomic mass is 10.2. The number of rotatable bonds is 7. The van der Waals surface area contributed by atoms with Gasteiger partial charge in [-0.25, -0.2) is 0 Å². The van der Waals surface area contributed by atoms with Gasteiger partial charge in [0, 0.05) is 12.1 Å². The summed E-state index contributed by atoms with van der Waals surface area (Å²) < 4.78 is 5.69. The monoisotopic (exact) mass is 241 g/mol. The molecule has 16 heavy (non-hydrogen) atoms. The highest BCUT2D eigenvalue weighted by molar-refractivity contribution is 6.32. The van der Waals surface area contributed by atoms with Gasteiger partial charge in [-0.15, -0.1) is 0 Å². The SMILES string of the molecule is CCCCCCOc1c(Cl)cccc1CN. The van der Waals surface area contributed by atoms with Crippen molar-refractivity contribution >= 4 is 11.6 Å². The summed E-state index contributed by atoms with van der Waals surface area (Å²) in [5.41, 5.74) is 6.61. The summed E-state index contributed by atoms with van der Waals surface area (Å²) in [6.07, 6.45) is 4.78. The van der Waals surface area contributed by atoms with E-state index in [4.69, 9.17) is 22.1 Å². The molecule has 0 atom stereocenters. The Hall–Kier alpha value is -0.730. The van der Waals surface area contributed by atoms with Crippen LogP contribution in [0.15, 0.2) is 18.2 Å². The summed E-state index contributed by atoms with van der Waals surface area (Å²) in [4.78, 5) is 0. The molecule has 0 fully saturated rings. The first-order chi connectivity index (χ1) is 7.79. The van der Waals surface area contributed by atoms with E-state index in [2.05, 4.69) is 6.92 Å². The minimum atomic E-state index is 0.463. The van der Waals surface area contributed by atoms with Crippen LogP contribution in [0.2, 0.25) is 5.02 Å². The number of para-hydroxylation sites is 1. The van der Waals surface area contributed by atoms with E-state index < -0.39 is 0 Å². The Bertz CT molecular complexity index is 315. The fourth-order valence-electron chi connectivity index (χ4n) is 1.58. The second-order valence-electron chi connectivity index (χ2n) is 3.84. The highest BCUT2D eigenvalue weighted by atomic mass is 35.5. The van der Waals surface area contributed by atoms with Crippen molar-refractivity contribution < 1.29 is 4.74 Å². The molecule has 0 aromatic heterocycles. The summed E-state index contributed by atoms with van der Waals surface area (Å²) in [5.74, 6) is 0.753. The van der Waals surface area contributed by atoms with E-state index >= 15 is 0 Å². The second-order valence-corrected chi connectivity index (χ2v) is 4.25. The zero-order chi connectivity index (χ0) is 11.8. The zero-order valence-electron chi connectivity index (χ0n) is 9.84. The first-order valence-corrected chi connectivity index (χ1v) is 6.27. The van der Waals surface area contributed by atoms with Crippen molar-refractivity contribution in [1.29, 1.82) is 0 Å². The standard InChI is InChI=1S/C13H20ClNO/c1-2-3-4-5-9-16-13-11(10-15)7-6-8-12(13)14/h6-8H,2-5,9-10,15H2,1H3. The minimum Gasteiger partial charge on any atom is -0.492 e. The Morgan fingerprint density at radius 2 is 2.06 bits per heavy atom. The van der Waals surface area contributed by atoms with Gasteiger partial charge in [0.2, 0.25) is 0 Å². The zero-order valence-corrected chi connectivity index (χ0v) is 10.6. The summed E-state index contributed by atoms with van der Waals surface area (Å²) in [5, 5.41) is 0.651. The Balaban J connectivity index is 2.46. The van der Waals surface area contributed by atoms with E-state index in [1.807, 2.05) is 18.2 Å². The van der Waals surface area contributed by atoms with Crippen molar-refractivity contribution in [3.8, 4) is 5.75 Å². The molecular formula is C13H20ClNO. The largest absolute Gasteiger partial charge is 0.492 e. The van der Waals surface area contributed by atoms with Gasteiger partial charge in [-0.1, -0.05) is 49.9 Å². The molecule has 0 aliphatic heterocycles. The third-order valence-corrected chi connectivity index (χ3v) is 2.81. The van der Waals surface area contributed by atoms with Crippen molar-refractivity contribution in [3.63, 3.8) is 0 Å². The van der Waals surface area contributed by atoms with Gasteiger partial charge in [0.1, 0.15) is 5.75 Å². The van der Waals surface area contributed by atoms with Crippen LogP contribution in [0.4, 0.5) is 0 Å². The predicted octanol–water partition coefficient (Wildman–Crippen LogP) is 3.76. The lowest BCUT2D eigenvalue weighted by molar-refractivity contribution is 0.302. The first-order valence-electron chi connectivity index (χ1n) is 5.89. The fourth-order valence-corrected chi connectivity index (χ4v) is 1.83. The number of ether oxygens (including phenoxy) is 1. The van der Waals surface area contributed by atoms with Gasteiger partial charge in [-0.3, -0.25) is 0 Å². The van der Waals surface area contributed by atoms with Gasteiger partial charge in [0.25, 0.3) is 0 Å². The van der Waals surface area contributed by atoms with Crippen molar-refractivity contribution in [2.24, 2.45) is 5.73 Å². The molecule has 0 unspecified atom stereocenters. The second kappa shape index (κ2) is 7.53. The van der Waals surface area contributed by atoms with Gasteiger partial charge >= 0.3 is 0 Å². The third-order valence-electron chi connectivity index (χ3n) is 2.51. The molecule has 0 bridgehead atoms. The summed E-state index contributed by atoms with van der Waals surface area (Å²) in [6.45, 7) is 3.38. The molecular weight excluding hydrogens is 222 g/mol. The van der Waals surface area contributed by atoms with E-state index in [0.717, 1.165) is 24.3 Å². The maximum atomic E-state index is 6.07. The normalized spacial score (nSPS) is 10.4. The van der Waals surface area contributed by atoms with Crippen LogP contribution in [0.3, 0.4) is 0 Å². The van der Waals surface area contributed by atoms with E-state index in [1.54, 1.807) is 0 Å². The highest BCUT2D eigenvalue weighted by Gasteiger charge is 2.06. The minimum absolute atomic E-state index is 0.463. The number of hydrogen-bond donors (Lipinski definition) is 1. The van der Waals surface area contributed by atoms with Crippen LogP contribution in [0.1, 0.15) is 38.2 Å². The predicted molar refractivity (Wildman–Crippen MR) is 69.0 cm³/mol. The molecule has 0 saturated heterocycles. The number of halogens is 1. The average molecular weight is 242 g/mol.